The monoisotopic (exact) mass is 316 g/mol. The molecule has 1 heterocycles. The summed E-state index contributed by atoms with van der Waals surface area (Å²) < 4.78 is 5.43. The molecule has 1 aliphatic heterocycles. The van der Waals surface area contributed by atoms with Crippen molar-refractivity contribution in [1.29, 1.82) is 0 Å². The molecule has 2 aliphatic rings. The quantitative estimate of drug-likeness (QED) is 0.847. The van der Waals surface area contributed by atoms with Crippen LogP contribution < -0.4 is 11.1 Å². The van der Waals surface area contributed by atoms with Crippen LogP contribution in [-0.4, -0.2) is 32.2 Å². The number of carbonyl (C=O) groups excluding carboxylic acids is 1. The van der Waals surface area contributed by atoms with E-state index in [1.807, 2.05) is 0 Å². The lowest BCUT2D eigenvalue weighted by atomic mass is 9.83. The third kappa shape index (κ3) is 4.12. The van der Waals surface area contributed by atoms with Gasteiger partial charge in [-0.25, -0.2) is 0 Å². The SMILES string of the molecule is NCC1(CC(=O)NCC2CCC(c3ccccc3)C2)CCOC1. The lowest BCUT2D eigenvalue weighted by Crippen LogP contribution is -2.38. The van der Waals surface area contributed by atoms with Crippen molar-refractivity contribution in [2.45, 2.75) is 38.0 Å². The van der Waals surface area contributed by atoms with Gasteiger partial charge in [-0.1, -0.05) is 30.3 Å². The Hall–Kier alpha value is -1.39. The highest BCUT2D eigenvalue weighted by Gasteiger charge is 2.36. The maximum Gasteiger partial charge on any atom is 0.220 e. The molecule has 1 aromatic rings. The van der Waals surface area contributed by atoms with Gasteiger partial charge in [0.15, 0.2) is 0 Å². The van der Waals surface area contributed by atoms with Gasteiger partial charge in [0.1, 0.15) is 0 Å². The second-order valence-corrected chi connectivity index (χ2v) is 7.27. The number of benzene rings is 1. The van der Waals surface area contributed by atoms with E-state index >= 15 is 0 Å². The molecule has 0 bridgehead atoms. The molecule has 1 saturated heterocycles. The van der Waals surface area contributed by atoms with Crippen molar-refractivity contribution < 1.29 is 9.53 Å². The van der Waals surface area contributed by atoms with Crippen molar-refractivity contribution in [2.75, 3.05) is 26.3 Å². The summed E-state index contributed by atoms with van der Waals surface area (Å²) >= 11 is 0. The first-order valence-electron chi connectivity index (χ1n) is 8.80. The van der Waals surface area contributed by atoms with Crippen molar-refractivity contribution in [3.63, 3.8) is 0 Å². The highest BCUT2D eigenvalue weighted by molar-refractivity contribution is 5.76. The molecule has 0 spiro atoms. The minimum atomic E-state index is -0.133. The lowest BCUT2D eigenvalue weighted by Gasteiger charge is -2.24. The van der Waals surface area contributed by atoms with E-state index in [9.17, 15) is 4.79 Å². The Morgan fingerprint density at radius 3 is 2.83 bits per heavy atom. The molecule has 0 aromatic heterocycles. The zero-order valence-electron chi connectivity index (χ0n) is 13.8. The molecule has 3 atom stereocenters. The summed E-state index contributed by atoms with van der Waals surface area (Å²) in [6.45, 7) is 2.67. The van der Waals surface area contributed by atoms with Gasteiger partial charge in [0, 0.05) is 31.5 Å². The summed E-state index contributed by atoms with van der Waals surface area (Å²) in [6.07, 6.45) is 5.00. The first-order valence-corrected chi connectivity index (χ1v) is 8.80. The number of ether oxygens (including phenoxy) is 1. The molecular weight excluding hydrogens is 288 g/mol. The van der Waals surface area contributed by atoms with Crippen LogP contribution in [0.5, 0.6) is 0 Å². The minimum absolute atomic E-state index is 0.129. The average molecular weight is 316 g/mol. The zero-order chi connectivity index (χ0) is 16.1. The van der Waals surface area contributed by atoms with Crippen LogP contribution in [0.1, 0.15) is 43.6 Å². The van der Waals surface area contributed by atoms with Gasteiger partial charge in [-0.05, 0) is 43.1 Å². The van der Waals surface area contributed by atoms with Crippen molar-refractivity contribution in [3.8, 4) is 0 Å². The van der Waals surface area contributed by atoms with Crippen LogP contribution in [0.4, 0.5) is 0 Å². The van der Waals surface area contributed by atoms with Gasteiger partial charge in [-0.15, -0.1) is 0 Å². The molecule has 23 heavy (non-hydrogen) atoms. The topological polar surface area (TPSA) is 64.4 Å². The fourth-order valence-electron chi connectivity index (χ4n) is 3.97. The fraction of sp³-hybridized carbons (Fsp3) is 0.632. The van der Waals surface area contributed by atoms with E-state index in [0.717, 1.165) is 19.6 Å². The predicted octanol–water partition coefficient (Wildman–Crippen LogP) is 2.44. The molecule has 3 rings (SSSR count). The molecule has 3 N–H and O–H groups in total. The van der Waals surface area contributed by atoms with E-state index < -0.39 is 0 Å². The molecule has 1 aromatic carbocycles. The van der Waals surface area contributed by atoms with E-state index in [1.165, 1.54) is 24.8 Å². The van der Waals surface area contributed by atoms with Crippen molar-refractivity contribution in [3.05, 3.63) is 35.9 Å². The molecule has 126 valence electrons. The van der Waals surface area contributed by atoms with Crippen LogP contribution in [0.3, 0.4) is 0 Å². The largest absolute Gasteiger partial charge is 0.381 e. The number of amides is 1. The molecule has 1 saturated carbocycles. The Kier molecular flexibility index (Phi) is 5.34. The van der Waals surface area contributed by atoms with Crippen molar-refractivity contribution >= 4 is 5.91 Å². The lowest BCUT2D eigenvalue weighted by molar-refractivity contribution is -0.123. The van der Waals surface area contributed by atoms with Gasteiger partial charge in [0.05, 0.1) is 6.61 Å². The Bertz CT molecular complexity index is 511. The van der Waals surface area contributed by atoms with E-state index in [-0.39, 0.29) is 11.3 Å². The van der Waals surface area contributed by atoms with Crippen molar-refractivity contribution in [2.24, 2.45) is 17.1 Å². The smallest absolute Gasteiger partial charge is 0.220 e. The van der Waals surface area contributed by atoms with Crippen molar-refractivity contribution in [1.82, 2.24) is 5.32 Å². The Labute approximate surface area is 138 Å². The second kappa shape index (κ2) is 7.45. The Morgan fingerprint density at radius 2 is 2.13 bits per heavy atom. The van der Waals surface area contributed by atoms with Gasteiger partial charge in [0.2, 0.25) is 5.91 Å². The fourth-order valence-corrected chi connectivity index (χ4v) is 3.97. The number of nitrogens with two attached hydrogens (primary N) is 1. The van der Waals surface area contributed by atoms with Gasteiger partial charge >= 0.3 is 0 Å². The standard InChI is InChI=1S/C19H28N2O2/c20-13-19(8-9-23-14-19)11-18(22)21-12-15-6-7-17(10-15)16-4-2-1-3-5-16/h1-5,15,17H,6-14,20H2,(H,21,22). The number of carbonyl (C=O) groups is 1. The number of rotatable bonds is 6. The molecular formula is C19H28N2O2. The predicted molar refractivity (Wildman–Crippen MR) is 91.1 cm³/mol. The number of hydrogen-bond acceptors (Lipinski definition) is 3. The molecule has 1 aliphatic carbocycles. The number of hydrogen-bond donors (Lipinski definition) is 2. The third-order valence-electron chi connectivity index (χ3n) is 5.55. The summed E-state index contributed by atoms with van der Waals surface area (Å²) in [4.78, 5) is 12.2. The number of nitrogens with one attached hydrogen (secondary N) is 1. The summed E-state index contributed by atoms with van der Waals surface area (Å²) in [7, 11) is 0. The van der Waals surface area contributed by atoms with Crippen LogP contribution in [0.2, 0.25) is 0 Å². The highest BCUT2D eigenvalue weighted by atomic mass is 16.5. The molecule has 1 amide bonds. The van der Waals surface area contributed by atoms with Crippen LogP contribution >= 0.6 is 0 Å². The molecule has 0 radical (unpaired) electrons. The average Bonchev–Trinajstić information content (AvgIpc) is 3.24. The highest BCUT2D eigenvalue weighted by Crippen LogP contribution is 2.38. The summed E-state index contributed by atoms with van der Waals surface area (Å²) in [5.41, 5.74) is 7.16. The molecule has 2 fully saturated rings. The van der Waals surface area contributed by atoms with Gasteiger partial charge in [0.25, 0.3) is 0 Å². The molecule has 3 unspecified atom stereocenters. The summed E-state index contributed by atoms with van der Waals surface area (Å²) in [6, 6.07) is 10.7. The van der Waals surface area contributed by atoms with E-state index in [0.29, 0.717) is 31.4 Å². The van der Waals surface area contributed by atoms with Crippen LogP contribution in [0, 0.1) is 11.3 Å². The van der Waals surface area contributed by atoms with Crippen LogP contribution in [0.25, 0.3) is 0 Å². The van der Waals surface area contributed by atoms with Gasteiger partial charge < -0.3 is 15.8 Å². The first kappa shape index (κ1) is 16.5. The Morgan fingerprint density at radius 1 is 1.30 bits per heavy atom. The van der Waals surface area contributed by atoms with Crippen LogP contribution in [0.15, 0.2) is 30.3 Å². The zero-order valence-corrected chi connectivity index (χ0v) is 13.8. The summed E-state index contributed by atoms with van der Waals surface area (Å²) in [5, 5.41) is 3.13. The van der Waals surface area contributed by atoms with Gasteiger partial charge in [-0.2, -0.15) is 0 Å². The molecule has 4 heteroatoms. The minimum Gasteiger partial charge on any atom is -0.381 e. The maximum absolute atomic E-state index is 12.2. The third-order valence-corrected chi connectivity index (χ3v) is 5.55. The maximum atomic E-state index is 12.2. The first-order chi connectivity index (χ1) is 11.2. The molecule has 4 nitrogen and oxygen atoms in total. The van der Waals surface area contributed by atoms with E-state index in [4.69, 9.17) is 10.5 Å². The second-order valence-electron chi connectivity index (χ2n) is 7.27. The van der Waals surface area contributed by atoms with E-state index in [2.05, 4.69) is 35.6 Å². The van der Waals surface area contributed by atoms with E-state index in [1.54, 1.807) is 0 Å². The van der Waals surface area contributed by atoms with Crippen LogP contribution in [-0.2, 0) is 9.53 Å². The Balaban J connectivity index is 1.43. The van der Waals surface area contributed by atoms with Gasteiger partial charge in [-0.3, -0.25) is 4.79 Å². The normalized spacial score (nSPS) is 30.5. The summed E-state index contributed by atoms with van der Waals surface area (Å²) in [5.74, 6) is 1.37.